The molecule has 0 saturated carbocycles. The minimum Gasteiger partial charge on any atom is -0.493 e. The largest absolute Gasteiger partial charge is 0.493 e. The molecule has 1 heterocycles. The van der Waals surface area contributed by atoms with Crippen LogP contribution >= 0.6 is 11.6 Å². The molecule has 5 nitrogen and oxygen atoms in total. The Kier molecular flexibility index (Phi) is 5.47. The second-order valence-electron chi connectivity index (χ2n) is 4.69. The standard InChI is InChI=1S/C15H20ClN3O2/c1-19-12(4-7-18-19)5-8-21-15-13(16)9-11(3-6-17)10-14(15)20-2/h4,7,9-10H,3,5-6,8,17H2,1-2H3. The van der Waals surface area contributed by atoms with E-state index in [0.717, 1.165) is 24.1 Å². The molecule has 21 heavy (non-hydrogen) atoms. The Morgan fingerprint density at radius 2 is 2.14 bits per heavy atom. The number of nitrogens with zero attached hydrogens (tertiary/aromatic N) is 2. The highest BCUT2D eigenvalue weighted by molar-refractivity contribution is 6.32. The summed E-state index contributed by atoms with van der Waals surface area (Å²) < 4.78 is 13.0. The molecule has 6 heteroatoms. The van der Waals surface area contributed by atoms with Crippen LogP contribution in [0.15, 0.2) is 24.4 Å². The van der Waals surface area contributed by atoms with Crippen LogP contribution in [0, 0.1) is 0 Å². The van der Waals surface area contributed by atoms with Gasteiger partial charge in [-0.3, -0.25) is 4.68 Å². The second-order valence-corrected chi connectivity index (χ2v) is 5.10. The summed E-state index contributed by atoms with van der Waals surface area (Å²) in [6.07, 6.45) is 3.27. The predicted molar refractivity (Wildman–Crippen MR) is 83.2 cm³/mol. The van der Waals surface area contributed by atoms with Crippen molar-refractivity contribution in [2.75, 3.05) is 20.3 Å². The summed E-state index contributed by atoms with van der Waals surface area (Å²) in [5.41, 5.74) is 7.71. The molecule has 0 amide bonds. The fraction of sp³-hybridized carbons (Fsp3) is 0.400. The Bertz CT molecular complexity index is 599. The molecule has 0 radical (unpaired) electrons. The first-order valence-electron chi connectivity index (χ1n) is 6.82. The number of rotatable bonds is 7. The van der Waals surface area contributed by atoms with E-state index in [-0.39, 0.29) is 0 Å². The van der Waals surface area contributed by atoms with Crippen LogP contribution in [-0.4, -0.2) is 30.0 Å². The molecule has 2 N–H and O–H groups in total. The van der Waals surface area contributed by atoms with E-state index in [0.29, 0.717) is 29.7 Å². The van der Waals surface area contributed by atoms with Crippen molar-refractivity contribution < 1.29 is 9.47 Å². The summed E-state index contributed by atoms with van der Waals surface area (Å²) >= 11 is 6.28. The van der Waals surface area contributed by atoms with Crippen molar-refractivity contribution in [1.29, 1.82) is 0 Å². The third-order valence-corrected chi connectivity index (χ3v) is 3.53. The molecule has 1 aromatic heterocycles. The molecule has 2 rings (SSSR count). The summed E-state index contributed by atoms with van der Waals surface area (Å²) in [5, 5.41) is 4.67. The molecule has 0 saturated heterocycles. The number of benzene rings is 1. The van der Waals surface area contributed by atoms with Crippen LogP contribution in [0.5, 0.6) is 11.5 Å². The fourth-order valence-corrected chi connectivity index (χ4v) is 2.42. The number of methoxy groups -OCH3 is 1. The summed E-state index contributed by atoms with van der Waals surface area (Å²) in [5.74, 6) is 1.21. The first-order chi connectivity index (χ1) is 10.2. The van der Waals surface area contributed by atoms with Crippen LogP contribution in [0.25, 0.3) is 0 Å². The van der Waals surface area contributed by atoms with Gasteiger partial charge in [0, 0.05) is 25.4 Å². The molecule has 0 fully saturated rings. The third-order valence-electron chi connectivity index (χ3n) is 3.25. The number of ether oxygens (including phenoxy) is 2. The van der Waals surface area contributed by atoms with Gasteiger partial charge in [0.05, 0.1) is 18.7 Å². The van der Waals surface area contributed by atoms with E-state index in [2.05, 4.69) is 5.10 Å². The number of aryl methyl sites for hydroxylation is 1. The lowest BCUT2D eigenvalue weighted by molar-refractivity contribution is 0.295. The molecule has 0 spiro atoms. The van der Waals surface area contributed by atoms with Crippen molar-refractivity contribution in [3.8, 4) is 11.5 Å². The molecular formula is C15H20ClN3O2. The van der Waals surface area contributed by atoms with Gasteiger partial charge in [-0.25, -0.2) is 0 Å². The summed E-state index contributed by atoms with van der Waals surface area (Å²) in [6.45, 7) is 1.08. The van der Waals surface area contributed by atoms with Crippen molar-refractivity contribution in [3.05, 3.63) is 40.7 Å². The highest BCUT2D eigenvalue weighted by Gasteiger charge is 2.12. The van der Waals surface area contributed by atoms with Crippen LogP contribution in [0.1, 0.15) is 11.3 Å². The van der Waals surface area contributed by atoms with E-state index >= 15 is 0 Å². The maximum absolute atomic E-state index is 6.28. The van der Waals surface area contributed by atoms with Crippen molar-refractivity contribution in [3.63, 3.8) is 0 Å². The molecule has 0 bridgehead atoms. The predicted octanol–water partition coefficient (Wildman–Crippen LogP) is 2.20. The molecule has 2 aromatic rings. The molecule has 0 aliphatic heterocycles. The second kappa shape index (κ2) is 7.33. The van der Waals surface area contributed by atoms with Gasteiger partial charge in [0.2, 0.25) is 0 Å². The highest BCUT2D eigenvalue weighted by atomic mass is 35.5. The quantitative estimate of drug-likeness (QED) is 0.852. The zero-order chi connectivity index (χ0) is 15.2. The van der Waals surface area contributed by atoms with E-state index < -0.39 is 0 Å². The van der Waals surface area contributed by atoms with Gasteiger partial charge in [0.15, 0.2) is 11.5 Å². The number of hydrogen-bond acceptors (Lipinski definition) is 4. The zero-order valence-electron chi connectivity index (χ0n) is 12.3. The monoisotopic (exact) mass is 309 g/mol. The smallest absolute Gasteiger partial charge is 0.179 e. The summed E-state index contributed by atoms with van der Waals surface area (Å²) in [6, 6.07) is 5.75. The van der Waals surface area contributed by atoms with Crippen LogP contribution < -0.4 is 15.2 Å². The first-order valence-corrected chi connectivity index (χ1v) is 7.19. The Balaban J connectivity index is 2.06. The lowest BCUT2D eigenvalue weighted by Crippen LogP contribution is -2.08. The van der Waals surface area contributed by atoms with Crippen molar-refractivity contribution >= 4 is 11.6 Å². The maximum Gasteiger partial charge on any atom is 0.179 e. The first kappa shape index (κ1) is 15.7. The Morgan fingerprint density at radius 1 is 1.33 bits per heavy atom. The molecule has 0 atom stereocenters. The maximum atomic E-state index is 6.28. The number of halogens is 1. The van der Waals surface area contributed by atoms with Crippen molar-refractivity contribution in [1.82, 2.24) is 9.78 Å². The summed E-state index contributed by atoms with van der Waals surface area (Å²) in [4.78, 5) is 0. The molecule has 114 valence electrons. The summed E-state index contributed by atoms with van der Waals surface area (Å²) in [7, 11) is 3.51. The van der Waals surface area contributed by atoms with Gasteiger partial charge in [0.1, 0.15) is 0 Å². The van der Waals surface area contributed by atoms with E-state index in [1.165, 1.54) is 0 Å². The normalized spacial score (nSPS) is 10.7. The van der Waals surface area contributed by atoms with Gasteiger partial charge in [-0.2, -0.15) is 5.10 Å². The lowest BCUT2D eigenvalue weighted by atomic mass is 10.1. The minimum absolute atomic E-state index is 0.506. The SMILES string of the molecule is COc1cc(CCN)cc(Cl)c1OCCc1ccnn1C. The molecular weight excluding hydrogens is 290 g/mol. The van der Waals surface area contributed by atoms with E-state index in [9.17, 15) is 0 Å². The third kappa shape index (κ3) is 3.89. The average Bonchev–Trinajstić information content (AvgIpc) is 2.86. The van der Waals surface area contributed by atoms with E-state index in [1.807, 2.05) is 29.9 Å². The van der Waals surface area contributed by atoms with Crippen LogP contribution in [0.2, 0.25) is 5.02 Å². The van der Waals surface area contributed by atoms with Crippen LogP contribution in [0.3, 0.4) is 0 Å². The topological polar surface area (TPSA) is 62.3 Å². The Hall–Kier alpha value is -1.72. The van der Waals surface area contributed by atoms with Gasteiger partial charge in [-0.15, -0.1) is 0 Å². The Morgan fingerprint density at radius 3 is 2.76 bits per heavy atom. The van der Waals surface area contributed by atoms with Crippen LogP contribution in [-0.2, 0) is 19.9 Å². The van der Waals surface area contributed by atoms with Gasteiger partial charge < -0.3 is 15.2 Å². The molecule has 0 unspecified atom stereocenters. The van der Waals surface area contributed by atoms with Gasteiger partial charge >= 0.3 is 0 Å². The highest BCUT2D eigenvalue weighted by Crippen LogP contribution is 2.36. The fourth-order valence-electron chi connectivity index (χ4n) is 2.13. The van der Waals surface area contributed by atoms with Gasteiger partial charge in [-0.1, -0.05) is 11.6 Å². The van der Waals surface area contributed by atoms with Crippen molar-refractivity contribution in [2.45, 2.75) is 12.8 Å². The number of aromatic nitrogens is 2. The van der Waals surface area contributed by atoms with E-state index in [1.54, 1.807) is 13.3 Å². The van der Waals surface area contributed by atoms with Crippen LogP contribution in [0.4, 0.5) is 0 Å². The zero-order valence-corrected chi connectivity index (χ0v) is 13.1. The Labute approximate surface area is 129 Å². The average molecular weight is 310 g/mol. The van der Waals surface area contributed by atoms with Gasteiger partial charge in [-0.05, 0) is 36.7 Å². The van der Waals surface area contributed by atoms with Crippen molar-refractivity contribution in [2.24, 2.45) is 12.8 Å². The molecule has 0 aliphatic carbocycles. The minimum atomic E-state index is 0.506. The molecule has 1 aromatic carbocycles. The van der Waals surface area contributed by atoms with Gasteiger partial charge in [0.25, 0.3) is 0 Å². The van der Waals surface area contributed by atoms with E-state index in [4.69, 9.17) is 26.8 Å². The number of hydrogen-bond donors (Lipinski definition) is 1. The lowest BCUT2D eigenvalue weighted by Gasteiger charge is -2.14. The molecule has 0 aliphatic rings. The number of nitrogens with two attached hydrogens (primary N) is 1.